The van der Waals surface area contributed by atoms with Gasteiger partial charge in [0.25, 0.3) is 0 Å². The van der Waals surface area contributed by atoms with Crippen LogP contribution in [0, 0.1) is 23.1 Å². The largest absolute Gasteiger partial charge is 0.382 e. The monoisotopic (exact) mass is 480 g/mol. The third-order valence-electron chi connectivity index (χ3n) is 5.71. The number of carbonyl (C=O) groups excluding carboxylic acids is 2. The summed E-state index contributed by atoms with van der Waals surface area (Å²) < 4.78 is 14.6. The Morgan fingerprint density at radius 2 is 2.00 bits per heavy atom. The van der Waals surface area contributed by atoms with E-state index >= 15 is 0 Å². The summed E-state index contributed by atoms with van der Waals surface area (Å²) in [5, 5.41) is 17.2. The van der Waals surface area contributed by atoms with Crippen molar-refractivity contribution in [2.75, 3.05) is 23.7 Å². The summed E-state index contributed by atoms with van der Waals surface area (Å²) in [6.45, 7) is 0.620. The van der Waals surface area contributed by atoms with Crippen molar-refractivity contribution in [3.8, 4) is 11.8 Å². The fourth-order valence-corrected chi connectivity index (χ4v) is 4.19. The number of anilines is 2. The molecule has 1 unspecified atom stereocenters. The molecule has 0 spiro atoms. The van der Waals surface area contributed by atoms with Crippen molar-refractivity contribution in [1.82, 2.24) is 15.1 Å². The summed E-state index contributed by atoms with van der Waals surface area (Å²) in [6.07, 6.45) is 1.06. The number of aryl methyl sites for hydroxylation is 1. The minimum atomic E-state index is -0.466. The number of halogens is 2. The SMILES string of the molecule is N#Cc1c(CCCNC(=O)C2CC(=O)N(c3ccccc3Cl)C2)nn(-c2ccc(F)cc2)c1N. The van der Waals surface area contributed by atoms with Crippen molar-refractivity contribution in [3.05, 3.63) is 70.6 Å². The minimum absolute atomic E-state index is 0.119. The van der Waals surface area contributed by atoms with E-state index in [0.717, 1.165) is 0 Å². The molecule has 0 radical (unpaired) electrons. The lowest BCUT2D eigenvalue weighted by Crippen LogP contribution is -2.33. The Morgan fingerprint density at radius 3 is 2.71 bits per heavy atom. The maximum Gasteiger partial charge on any atom is 0.227 e. The molecule has 34 heavy (non-hydrogen) atoms. The lowest BCUT2D eigenvalue weighted by Gasteiger charge is -2.18. The topological polar surface area (TPSA) is 117 Å². The lowest BCUT2D eigenvalue weighted by atomic mass is 10.1. The van der Waals surface area contributed by atoms with Crippen LogP contribution in [0.4, 0.5) is 15.9 Å². The van der Waals surface area contributed by atoms with E-state index in [0.29, 0.717) is 41.5 Å². The van der Waals surface area contributed by atoms with Crippen molar-refractivity contribution < 1.29 is 14.0 Å². The maximum absolute atomic E-state index is 13.2. The van der Waals surface area contributed by atoms with Crippen LogP contribution in [-0.4, -0.2) is 34.7 Å². The van der Waals surface area contributed by atoms with Gasteiger partial charge in [0.05, 0.1) is 28.0 Å². The summed E-state index contributed by atoms with van der Waals surface area (Å²) in [5.41, 5.74) is 7.97. The number of nitriles is 1. The van der Waals surface area contributed by atoms with Gasteiger partial charge in [-0.2, -0.15) is 10.4 Å². The molecule has 1 aliphatic rings. The van der Waals surface area contributed by atoms with Gasteiger partial charge in [-0.25, -0.2) is 9.07 Å². The molecule has 3 N–H and O–H groups in total. The van der Waals surface area contributed by atoms with Gasteiger partial charge in [0.2, 0.25) is 11.8 Å². The molecule has 1 fully saturated rings. The van der Waals surface area contributed by atoms with Crippen LogP contribution in [0.25, 0.3) is 5.69 Å². The van der Waals surface area contributed by atoms with E-state index < -0.39 is 5.92 Å². The average molecular weight is 481 g/mol. The highest BCUT2D eigenvalue weighted by Crippen LogP contribution is 2.31. The molecular formula is C24H22ClFN6O2. The molecule has 3 aromatic rings. The number of nitrogens with zero attached hydrogens (tertiary/aromatic N) is 4. The molecule has 1 saturated heterocycles. The number of amides is 2. The van der Waals surface area contributed by atoms with Crippen molar-refractivity contribution in [3.63, 3.8) is 0 Å². The van der Waals surface area contributed by atoms with Crippen LogP contribution in [-0.2, 0) is 16.0 Å². The second-order valence-corrected chi connectivity index (χ2v) is 8.37. The molecule has 0 bridgehead atoms. The third kappa shape index (κ3) is 4.72. The van der Waals surface area contributed by atoms with Crippen molar-refractivity contribution in [1.29, 1.82) is 5.26 Å². The Hall–Kier alpha value is -3.90. The van der Waals surface area contributed by atoms with Crippen molar-refractivity contribution in [2.24, 2.45) is 5.92 Å². The number of carbonyl (C=O) groups is 2. The number of hydrogen-bond donors (Lipinski definition) is 2. The van der Waals surface area contributed by atoms with E-state index in [4.69, 9.17) is 17.3 Å². The second-order valence-electron chi connectivity index (χ2n) is 7.96. The first-order valence-corrected chi connectivity index (χ1v) is 11.1. The van der Waals surface area contributed by atoms with Crippen LogP contribution >= 0.6 is 11.6 Å². The molecule has 1 atom stereocenters. The predicted molar refractivity (Wildman–Crippen MR) is 126 cm³/mol. The number of nitrogen functional groups attached to an aromatic ring is 1. The summed E-state index contributed by atoms with van der Waals surface area (Å²) in [4.78, 5) is 26.6. The van der Waals surface area contributed by atoms with Gasteiger partial charge in [-0.15, -0.1) is 0 Å². The number of para-hydroxylation sites is 1. The molecule has 2 amide bonds. The molecule has 2 heterocycles. The first-order valence-electron chi connectivity index (χ1n) is 10.7. The zero-order valence-corrected chi connectivity index (χ0v) is 18.9. The number of rotatable bonds is 7. The Balaban J connectivity index is 1.33. The van der Waals surface area contributed by atoms with Gasteiger partial charge in [-0.05, 0) is 49.2 Å². The van der Waals surface area contributed by atoms with Crippen molar-refractivity contribution >= 4 is 34.9 Å². The summed E-state index contributed by atoms with van der Waals surface area (Å²) >= 11 is 6.19. The van der Waals surface area contributed by atoms with E-state index in [1.165, 1.54) is 33.8 Å². The predicted octanol–water partition coefficient (Wildman–Crippen LogP) is 3.22. The minimum Gasteiger partial charge on any atom is -0.382 e. The van der Waals surface area contributed by atoms with E-state index in [1.807, 2.05) is 0 Å². The average Bonchev–Trinajstić information content (AvgIpc) is 3.37. The Kier molecular flexibility index (Phi) is 6.80. The van der Waals surface area contributed by atoms with Crippen LogP contribution in [0.2, 0.25) is 5.02 Å². The molecule has 1 aromatic heterocycles. The fraction of sp³-hybridized carbons (Fsp3) is 0.250. The molecule has 1 aliphatic heterocycles. The highest BCUT2D eigenvalue weighted by atomic mass is 35.5. The maximum atomic E-state index is 13.2. The standard InChI is InChI=1S/C24H22ClFN6O2/c25-19-4-1-2-6-21(19)31-14-15(12-22(31)33)24(34)29-11-3-5-20-18(13-27)23(28)32(30-20)17-9-7-16(26)8-10-17/h1-2,4,6-10,15H,3,5,11-12,14,28H2,(H,29,34). The van der Waals surface area contributed by atoms with Gasteiger partial charge >= 0.3 is 0 Å². The van der Waals surface area contributed by atoms with E-state index in [-0.39, 0.29) is 42.0 Å². The zero-order chi connectivity index (χ0) is 24.2. The highest BCUT2D eigenvalue weighted by molar-refractivity contribution is 6.33. The number of aromatic nitrogens is 2. The van der Waals surface area contributed by atoms with Gasteiger partial charge in [-0.3, -0.25) is 9.59 Å². The normalized spacial score (nSPS) is 15.4. The van der Waals surface area contributed by atoms with E-state index in [2.05, 4.69) is 16.5 Å². The van der Waals surface area contributed by atoms with Crippen molar-refractivity contribution in [2.45, 2.75) is 19.3 Å². The molecule has 0 aliphatic carbocycles. The Labute approximate surface area is 200 Å². The first-order chi connectivity index (χ1) is 16.4. The van der Waals surface area contributed by atoms with Gasteiger partial charge in [0, 0.05) is 19.5 Å². The van der Waals surface area contributed by atoms with E-state index in [1.54, 1.807) is 24.3 Å². The molecular weight excluding hydrogens is 459 g/mol. The van der Waals surface area contributed by atoms with Crippen LogP contribution < -0.4 is 16.0 Å². The third-order valence-corrected chi connectivity index (χ3v) is 6.02. The van der Waals surface area contributed by atoms with Gasteiger partial charge in [0.1, 0.15) is 23.3 Å². The summed E-state index contributed by atoms with van der Waals surface area (Å²) in [5.74, 6) is -1.03. The quantitative estimate of drug-likeness (QED) is 0.503. The van der Waals surface area contributed by atoms with Crippen LogP contribution in [0.15, 0.2) is 48.5 Å². The number of nitrogens with two attached hydrogens (primary N) is 1. The van der Waals surface area contributed by atoms with Crippen LogP contribution in [0.5, 0.6) is 0 Å². The van der Waals surface area contributed by atoms with Gasteiger partial charge < -0.3 is 16.0 Å². The van der Waals surface area contributed by atoms with Crippen LogP contribution in [0.3, 0.4) is 0 Å². The molecule has 174 valence electrons. The Morgan fingerprint density at radius 1 is 1.26 bits per heavy atom. The molecule has 10 heteroatoms. The number of benzene rings is 2. The molecule has 4 rings (SSSR count). The summed E-state index contributed by atoms with van der Waals surface area (Å²) in [6, 6.07) is 14.7. The number of nitrogens with one attached hydrogen (secondary N) is 1. The van der Waals surface area contributed by atoms with E-state index in [9.17, 15) is 19.2 Å². The molecule has 8 nitrogen and oxygen atoms in total. The van der Waals surface area contributed by atoms with Gasteiger partial charge in [-0.1, -0.05) is 23.7 Å². The summed E-state index contributed by atoms with van der Waals surface area (Å²) in [7, 11) is 0. The Bertz CT molecular complexity index is 1270. The highest BCUT2D eigenvalue weighted by Gasteiger charge is 2.35. The van der Waals surface area contributed by atoms with Crippen LogP contribution in [0.1, 0.15) is 24.1 Å². The first kappa shape index (κ1) is 23.3. The number of hydrogen-bond acceptors (Lipinski definition) is 5. The second kappa shape index (κ2) is 9.93. The molecule has 2 aromatic carbocycles. The fourth-order valence-electron chi connectivity index (χ4n) is 3.95. The smallest absolute Gasteiger partial charge is 0.227 e. The molecule has 0 saturated carbocycles. The zero-order valence-electron chi connectivity index (χ0n) is 18.2. The lowest BCUT2D eigenvalue weighted by molar-refractivity contribution is -0.126. The van der Waals surface area contributed by atoms with Gasteiger partial charge in [0.15, 0.2) is 0 Å².